The predicted octanol–water partition coefficient (Wildman–Crippen LogP) is 17.8. The minimum absolute atomic E-state index is 0.199. The fourth-order valence-corrected chi connectivity index (χ4v) is 10.1. The fraction of sp³-hybridized carbons (Fsp3) is 0.675. The second-order valence-corrected chi connectivity index (χ2v) is 30.6. The third-order valence-corrected chi connectivity index (χ3v) is 19.1. The van der Waals surface area contributed by atoms with Gasteiger partial charge in [0.25, 0.3) is 0 Å². The SMILES string of the molecule is C=C(C)C(=O)OCCCCCNC(=O)OC(C)(C)C(COc1ccccc1)COC(C)(C)C(C)(C)CCCCOC(C)(C)CCOc1cccc(OCCC(C)(C)OCCCCC(C)(C)C(C)(C)OCC(COc2ccccc2)C(C)(C)OC(=O)NCCCCCOC(=O)C(=C)C)c1. The Bertz CT molecular complexity index is 2630. The van der Waals surface area contributed by atoms with Gasteiger partial charge in [0.2, 0.25) is 0 Å². The van der Waals surface area contributed by atoms with E-state index >= 15 is 0 Å². The standard InChI is InChI=1S/C80H128N2O16/c1-61(2)69(83)89-50-33-23-31-48-81-71(85)97-77(13,14)63(57-91-65-38-25-21-26-39-65)59-95-79(17,18)73(5,6)44-29-35-52-93-75(9,10)46-54-87-67-42-37-43-68(56-67)88-55-47-76(11,12)94-53-36-30-45-74(7,8)80(19,20)96-60-64(58-92-66-40-27-22-28-41-66)78(15,16)98-72(86)82-49-32-24-34-51-90-70(84)62(3)4/h21-22,25-28,37-43,56,63-64H,1,3,23-24,29-36,44-55,57-60H2,2,4-20H3,(H,81,85)(H,82,86). The molecule has 0 saturated heterocycles. The number of hydrogen-bond acceptors (Lipinski definition) is 16. The number of nitrogens with one attached hydrogen (secondary N) is 2. The first-order chi connectivity index (χ1) is 45.9. The van der Waals surface area contributed by atoms with E-state index in [4.69, 9.17) is 56.8 Å². The molecule has 554 valence electrons. The number of esters is 2. The first-order valence-corrected chi connectivity index (χ1v) is 35.7. The van der Waals surface area contributed by atoms with Gasteiger partial charge < -0.3 is 67.5 Å². The van der Waals surface area contributed by atoms with Crippen LogP contribution in [0, 0.1) is 22.7 Å². The molecule has 0 aliphatic carbocycles. The van der Waals surface area contributed by atoms with Crippen molar-refractivity contribution in [1.29, 1.82) is 0 Å². The fourth-order valence-electron chi connectivity index (χ4n) is 10.1. The number of amides is 2. The molecule has 0 heterocycles. The molecular weight excluding hydrogens is 1240 g/mol. The van der Waals surface area contributed by atoms with E-state index in [-0.39, 0.29) is 47.1 Å². The summed E-state index contributed by atoms with van der Waals surface area (Å²) in [5, 5.41) is 5.75. The van der Waals surface area contributed by atoms with Crippen LogP contribution in [-0.2, 0) is 47.5 Å². The van der Waals surface area contributed by atoms with E-state index in [2.05, 4.69) is 107 Å². The Kier molecular flexibility index (Phi) is 36.8. The van der Waals surface area contributed by atoms with Crippen LogP contribution in [0.3, 0.4) is 0 Å². The zero-order chi connectivity index (χ0) is 73.1. The van der Waals surface area contributed by atoms with Crippen molar-refractivity contribution in [2.75, 3.05) is 79.2 Å². The van der Waals surface area contributed by atoms with Crippen molar-refractivity contribution in [2.24, 2.45) is 22.7 Å². The highest BCUT2D eigenvalue weighted by molar-refractivity contribution is 5.87. The molecule has 2 amide bonds. The molecule has 98 heavy (non-hydrogen) atoms. The Morgan fingerprint density at radius 3 is 1.08 bits per heavy atom. The Hall–Kier alpha value is -6.34. The maximum atomic E-state index is 13.1. The largest absolute Gasteiger partial charge is 0.493 e. The molecule has 18 nitrogen and oxygen atoms in total. The summed E-state index contributed by atoms with van der Waals surface area (Å²) in [4.78, 5) is 49.5. The zero-order valence-electron chi connectivity index (χ0n) is 63.6. The van der Waals surface area contributed by atoms with Gasteiger partial charge in [0, 0.05) is 56.4 Å². The van der Waals surface area contributed by atoms with Gasteiger partial charge in [0.05, 0.1) is 87.1 Å². The molecule has 0 fully saturated rings. The molecule has 0 spiro atoms. The Labute approximate surface area is 590 Å². The van der Waals surface area contributed by atoms with Gasteiger partial charge >= 0.3 is 24.1 Å². The van der Waals surface area contributed by atoms with E-state index in [0.29, 0.717) is 116 Å². The summed E-state index contributed by atoms with van der Waals surface area (Å²) in [5.74, 6) is 1.56. The molecule has 2 N–H and O–H groups in total. The van der Waals surface area contributed by atoms with Crippen LogP contribution in [0.5, 0.6) is 23.0 Å². The molecule has 0 bridgehead atoms. The maximum Gasteiger partial charge on any atom is 0.407 e. The van der Waals surface area contributed by atoms with Crippen LogP contribution >= 0.6 is 0 Å². The summed E-state index contributed by atoms with van der Waals surface area (Å²) in [6.07, 6.45) is 10.3. The first-order valence-electron chi connectivity index (χ1n) is 35.7. The van der Waals surface area contributed by atoms with Crippen molar-refractivity contribution < 1.29 is 76.0 Å². The minimum atomic E-state index is -0.925. The molecule has 0 radical (unpaired) electrons. The Morgan fingerprint density at radius 2 is 0.724 bits per heavy atom. The lowest BCUT2D eigenvalue weighted by molar-refractivity contribution is -0.140. The van der Waals surface area contributed by atoms with Gasteiger partial charge in [0.15, 0.2) is 0 Å². The van der Waals surface area contributed by atoms with Crippen LogP contribution < -0.4 is 29.6 Å². The number of hydrogen-bond donors (Lipinski definition) is 2. The van der Waals surface area contributed by atoms with Gasteiger partial charge in [-0.05, 0) is 208 Å². The third kappa shape index (κ3) is 34.1. The van der Waals surface area contributed by atoms with Crippen LogP contribution in [0.4, 0.5) is 9.59 Å². The number of carbonyl (C=O) groups is 4. The molecule has 0 saturated carbocycles. The van der Waals surface area contributed by atoms with Gasteiger partial charge in [-0.3, -0.25) is 0 Å². The van der Waals surface area contributed by atoms with Crippen LogP contribution in [-0.4, -0.2) is 137 Å². The highest BCUT2D eigenvalue weighted by Gasteiger charge is 2.43. The lowest BCUT2D eigenvalue weighted by atomic mass is 9.73. The topological polar surface area (TPSA) is 203 Å². The lowest BCUT2D eigenvalue weighted by Gasteiger charge is -2.44. The summed E-state index contributed by atoms with van der Waals surface area (Å²) >= 11 is 0. The highest BCUT2D eigenvalue weighted by atomic mass is 16.6. The van der Waals surface area contributed by atoms with E-state index < -0.39 is 46.5 Å². The van der Waals surface area contributed by atoms with E-state index in [0.717, 1.165) is 74.4 Å². The predicted molar refractivity (Wildman–Crippen MR) is 389 cm³/mol. The van der Waals surface area contributed by atoms with E-state index in [1.54, 1.807) is 13.8 Å². The van der Waals surface area contributed by atoms with Crippen LogP contribution in [0.25, 0.3) is 0 Å². The molecule has 3 aromatic rings. The molecule has 18 heteroatoms. The summed E-state index contributed by atoms with van der Waals surface area (Å²) in [6, 6.07) is 27.0. The van der Waals surface area contributed by atoms with Crippen molar-refractivity contribution in [3.63, 3.8) is 0 Å². The summed E-state index contributed by atoms with van der Waals surface area (Å²) in [7, 11) is 0. The molecule has 2 unspecified atom stereocenters. The molecule has 2 atom stereocenters. The average molecular weight is 1370 g/mol. The molecular formula is C80H128N2O16. The van der Waals surface area contributed by atoms with Gasteiger partial charge in [-0.2, -0.15) is 0 Å². The number of para-hydroxylation sites is 2. The summed E-state index contributed by atoms with van der Waals surface area (Å²) in [5.41, 5.74) is -3.33. The van der Waals surface area contributed by atoms with E-state index in [1.807, 2.05) is 113 Å². The zero-order valence-corrected chi connectivity index (χ0v) is 63.6. The lowest BCUT2D eigenvalue weighted by Crippen LogP contribution is -2.48. The van der Waals surface area contributed by atoms with Crippen molar-refractivity contribution in [3.05, 3.63) is 109 Å². The number of unbranched alkanes of at least 4 members (excludes halogenated alkanes) is 6. The number of carbonyl (C=O) groups excluding carboxylic acids is 4. The monoisotopic (exact) mass is 1370 g/mol. The van der Waals surface area contributed by atoms with Crippen molar-refractivity contribution in [1.82, 2.24) is 10.6 Å². The van der Waals surface area contributed by atoms with Crippen LogP contribution in [0.2, 0.25) is 0 Å². The van der Waals surface area contributed by atoms with E-state index in [1.165, 1.54) is 0 Å². The van der Waals surface area contributed by atoms with Crippen LogP contribution in [0.1, 0.15) is 215 Å². The number of alkyl carbamates (subject to hydrolysis) is 2. The molecule has 0 aromatic heterocycles. The van der Waals surface area contributed by atoms with Gasteiger partial charge in [-0.25, -0.2) is 19.2 Å². The number of ether oxygens (including phenoxy) is 12. The first kappa shape index (κ1) is 85.9. The third-order valence-electron chi connectivity index (χ3n) is 19.1. The van der Waals surface area contributed by atoms with Gasteiger partial charge in [0.1, 0.15) is 34.2 Å². The molecule has 0 aliphatic rings. The number of rotatable bonds is 52. The van der Waals surface area contributed by atoms with Crippen LogP contribution in [0.15, 0.2) is 109 Å². The number of benzene rings is 3. The Morgan fingerprint density at radius 1 is 0.378 bits per heavy atom. The summed E-state index contributed by atoms with van der Waals surface area (Å²) in [6.45, 7) is 48.8. The average Bonchev–Trinajstić information content (AvgIpc) is 0.819. The summed E-state index contributed by atoms with van der Waals surface area (Å²) < 4.78 is 73.8. The van der Waals surface area contributed by atoms with Gasteiger partial charge in [-0.1, -0.05) is 96.2 Å². The normalized spacial score (nSPS) is 13.2. The van der Waals surface area contributed by atoms with Gasteiger partial charge in [-0.15, -0.1) is 0 Å². The molecule has 0 aliphatic heterocycles. The molecule has 3 aromatic carbocycles. The molecule has 3 rings (SSSR count). The van der Waals surface area contributed by atoms with Crippen molar-refractivity contribution in [2.45, 2.75) is 248 Å². The second kappa shape index (κ2) is 42.0. The quantitative estimate of drug-likeness (QED) is 0.0233. The smallest absolute Gasteiger partial charge is 0.407 e. The maximum absolute atomic E-state index is 13.1. The highest BCUT2D eigenvalue weighted by Crippen LogP contribution is 2.41. The minimum Gasteiger partial charge on any atom is -0.493 e. The van der Waals surface area contributed by atoms with E-state index in [9.17, 15) is 19.2 Å². The van der Waals surface area contributed by atoms with Crippen molar-refractivity contribution in [3.8, 4) is 23.0 Å². The second-order valence-electron chi connectivity index (χ2n) is 30.6. The Balaban J connectivity index is 1.39. The van der Waals surface area contributed by atoms with Crippen molar-refractivity contribution >= 4 is 24.1 Å².